The van der Waals surface area contributed by atoms with Crippen LogP contribution in [0.15, 0.2) is 84.0 Å². The normalized spacial score (nSPS) is 10.8. The summed E-state index contributed by atoms with van der Waals surface area (Å²) in [5.74, 6) is -1.76. The summed E-state index contributed by atoms with van der Waals surface area (Å²) in [6.45, 7) is 2.38. The Balaban J connectivity index is 1.52. The molecule has 4 aromatic rings. The molecule has 0 radical (unpaired) electrons. The van der Waals surface area contributed by atoms with E-state index in [0.29, 0.717) is 28.5 Å². The lowest BCUT2D eigenvalue weighted by molar-refractivity contribution is -0.136. The molecule has 0 saturated carbocycles. The molecule has 10 heteroatoms. The highest BCUT2D eigenvalue weighted by Crippen LogP contribution is 2.28. The maximum Gasteiger partial charge on any atom is 0.343 e. The first-order valence-corrected chi connectivity index (χ1v) is 12.2. The molecule has 0 atom stereocenters. The van der Waals surface area contributed by atoms with Crippen LogP contribution in [0.5, 0.6) is 11.5 Å². The van der Waals surface area contributed by atoms with E-state index >= 15 is 0 Å². The maximum absolute atomic E-state index is 12.8. The summed E-state index contributed by atoms with van der Waals surface area (Å²) in [7, 11) is 0. The molecule has 0 aliphatic rings. The van der Waals surface area contributed by atoms with E-state index in [2.05, 4.69) is 15.8 Å². The van der Waals surface area contributed by atoms with Gasteiger partial charge in [0.1, 0.15) is 11.5 Å². The van der Waals surface area contributed by atoms with Gasteiger partial charge < -0.3 is 14.8 Å². The van der Waals surface area contributed by atoms with Gasteiger partial charge in [-0.1, -0.05) is 53.5 Å². The van der Waals surface area contributed by atoms with Crippen molar-refractivity contribution in [3.63, 3.8) is 0 Å². The van der Waals surface area contributed by atoms with Crippen molar-refractivity contribution < 1.29 is 23.9 Å². The summed E-state index contributed by atoms with van der Waals surface area (Å²) in [5.41, 5.74) is 3.11. The van der Waals surface area contributed by atoms with E-state index in [1.165, 1.54) is 18.3 Å². The van der Waals surface area contributed by atoms with E-state index in [1.807, 2.05) is 31.2 Å². The summed E-state index contributed by atoms with van der Waals surface area (Å²) in [6.07, 6.45) is 1.31. The second kappa shape index (κ2) is 12.2. The van der Waals surface area contributed by atoms with Gasteiger partial charge in [-0.3, -0.25) is 9.59 Å². The van der Waals surface area contributed by atoms with Crippen LogP contribution in [0.3, 0.4) is 0 Å². The second-order valence-electron chi connectivity index (χ2n) is 7.82. The van der Waals surface area contributed by atoms with Crippen LogP contribution in [0, 0.1) is 0 Å². The number of benzene rings is 4. The van der Waals surface area contributed by atoms with Gasteiger partial charge in [-0.05, 0) is 66.2 Å². The van der Waals surface area contributed by atoms with Crippen LogP contribution in [0.4, 0.5) is 5.69 Å². The first kappa shape index (κ1) is 26.7. The van der Waals surface area contributed by atoms with Gasteiger partial charge in [0.15, 0.2) is 0 Å². The molecule has 0 unspecified atom stereocenters. The van der Waals surface area contributed by atoms with Gasteiger partial charge >= 0.3 is 17.8 Å². The number of anilines is 1. The zero-order valence-corrected chi connectivity index (χ0v) is 21.5. The quantitative estimate of drug-likeness (QED) is 0.0987. The number of nitrogens with one attached hydrogen (secondary N) is 2. The molecule has 0 bridgehead atoms. The number of rotatable bonds is 7. The largest absolute Gasteiger partial charge is 0.494 e. The highest BCUT2D eigenvalue weighted by atomic mass is 35.5. The molecule has 4 aromatic carbocycles. The zero-order valence-electron chi connectivity index (χ0n) is 20.0. The average molecular weight is 550 g/mol. The molecule has 0 fully saturated rings. The predicted octanol–water partition coefficient (Wildman–Crippen LogP) is 5.85. The van der Waals surface area contributed by atoms with Gasteiger partial charge in [0.25, 0.3) is 0 Å². The summed E-state index contributed by atoms with van der Waals surface area (Å²) in [6, 6.07) is 21.8. The van der Waals surface area contributed by atoms with Crippen LogP contribution in [-0.4, -0.2) is 30.6 Å². The minimum Gasteiger partial charge on any atom is -0.494 e. The lowest BCUT2D eigenvalue weighted by Crippen LogP contribution is -2.32. The number of carbonyl (C=O) groups is 3. The summed E-state index contributed by atoms with van der Waals surface area (Å²) < 4.78 is 11.1. The molecule has 8 nitrogen and oxygen atoms in total. The zero-order chi connectivity index (χ0) is 27.1. The van der Waals surface area contributed by atoms with E-state index in [1.54, 1.807) is 42.5 Å². The third-order valence-corrected chi connectivity index (χ3v) is 5.84. The SMILES string of the molecule is CCOc1ccc(C(=O)Oc2ccc3ccccc3c2/C=N\NC(=O)C(=O)Nc2cc(Cl)ccc2Cl)cc1. The fourth-order valence-electron chi connectivity index (χ4n) is 3.49. The van der Waals surface area contributed by atoms with Crippen LogP contribution in [0.1, 0.15) is 22.8 Å². The number of hydrazone groups is 1. The molecule has 192 valence electrons. The third-order valence-electron chi connectivity index (χ3n) is 5.28. The first-order valence-electron chi connectivity index (χ1n) is 11.4. The summed E-state index contributed by atoms with van der Waals surface area (Å²) in [4.78, 5) is 37.4. The monoisotopic (exact) mass is 549 g/mol. The number of carbonyl (C=O) groups excluding carboxylic acids is 3. The van der Waals surface area contributed by atoms with E-state index in [4.69, 9.17) is 32.7 Å². The van der Waals surface area contributed by atoms with E-state index in [9.17, 15) is 14.4 Å². The Morgan fingerprint density at radius 2 is 1.68 bits per heavy atom. The highest BCUT2D eigenvalue weighted by Gasteiger charge is 2.16. The number of halogens is 2. The van der Waals surface area contributed by atoms with Gasteiger partial charge in [-0.2, -0.15) is 5.10 Å². The Morgan fingerprint density at radius 1 is 0.921 bits per heavy atom. The van der Waals surface area contributed by atoms with Crippen LogP contribution in [-0.2, 0) is 9.59 Å². The number of fused-ring (bicyclic) bond motifs is 1. The Hall–Kier alpha value is -4.40. The van der Waals surface area contributed by atoms with Crippen LogP contribution >= 0.6 is 23.2 Å². The van der Waals surface area contributed by atoms with Gasteiger partial charge in [0.2, 0.25) is 0 Å². The molecular weight excluding hydrogens is 529 g/mol. The topological polar surface area (TPSA) is 106 Å². The van der Waals surface area contributed by atoms with Crippen LogP contribution in [0.25, 0.3) is 10.8 Å². The number of nitrogens with zero attached hydrogens (tertiary/aromatic N) is 1. The average Bonchev–Trinajstić information content (AvgIpc) is 2.92. The van der Waals surface area contributed by atoms with Crippen molar-refractivity contribution in [3.05, 3.63) is 100 Å². The van der Waals surface area contributed by atoms with Gasteiger partial charge in [-0.25, -0.2) is 10.2 Å². The van der Waals surface area contributed by atoms with Crippen molar-refractivity contribution >= 4 is 63.7 Å². The third kappa shape index (κ3) is 6.47. The summed E-state index contributed by atoms with van der Waals surface area (Å²) in [5, 5.41) is 8.42. The van der Waals surface area contributed by atoms with Crippen molar-refractivity contribution in [2.75, 3.05) is 11.9 Å². The lowest BCUT2D eigenvalue weighted by Gasteiger charge is -2.11. The van der Waals surface area contributed by atoms with Crippen molar-refractivity contribution in [1.82, 2.24) is 5.43 Å². The minimum atomic E-state index is -1.04. The smallest absolute Gasteiger partial charge is 0.343 e. The Bertz CT molecular complexity index is 1540. The van der Waals surface area contributed by atoms with Crippen molar-refractivity contribution in [1.29, 1.82) is 0 Å². The Kier molecular flexibility index (Phi) is 8.58. The number of esters is 1. The Labute approximate surface area is 228 Å². The van der Waals surface area contributed by atoms with Crippen molar-refractivity contribution in [2.45, 2.75) is 6.92 Å². The minimum absolute atomic E-state index is 0.181. The fraction of sp³-hybridized carbons (Fsp3) is 0.0714. The van der Waals surface area contributed by atoms with Crippen LogP contribution in [0.2, 0.25) is 10.0 Å². The molecule has 0 aliphatic carbocycles. The van der Waals surface area contributed by atoms with Crippen molar-refractivity contribution in [2.24, 2.45) is 5.10 Å². The number of hydrogen-bond acceptors (Lipinski definition) is 6. The van der Waals surface area contributed by atoms with E-state index in [0.717, 1.165) is 10.8 Å². The van der Waals surface area contributed by atoms with Crippen LogP contribution < -0.4 is 20.2 Å². The summed E-state index contributed by atoms with van der Waals surface area (Å²) >= 11 is 11.9. The molecule has 2 amide bonds. The highest BCUT2D eigenvalue weighted by molar-refractivity contribution is 6.42. The molecular formula is C28H21Cl2N3O5. The van der Waals surface area contributed by atoms with Gasteiger partial charge in [-0.15, -0.1) is 0 Å². The maximum atomic E-state index is 12.8. The Morgan fingerprint density at radius 3 is 2.45 bits per heavy atom. The molecule has 0 saturated heterocycles. The first-order chi connectivity index (χ1) is 18.4. The molecule has 4 rings (SSSR count). The lowest BCUT2D eigenvalue weighted by atomic mass is 10.0. The van der Waals surface area contributed by atoms with Gasteiger partial charge in [0.05, 0.1) is 29.1 Å². The standard InChI is InChI=1S/C28H21Cl2N3O5/c1-2-37-20-11-7-18(8-12-20)28(36)38-25-14-9-17-5-3-4-6-21(17)22(25)16-31-33-27(35)26(34)32-24-15-19(29)10-13-23(24)30/h3-16H,2H2,1H3,(H,32,34)(H,33,35)/b31-16-. The molecule has 0 spiro atoms. The molecule has 0 heterocycles. The molecule has 0 aliphatic heterocycles. The number of amides is 2. The molecule has 0 aromatic heterocycles. The van der Waals surface area contributed by atoms with E-state index in [-0.39, 0.29) is 16.5 Å². The second-order valence-corrected chi connectivity index (χ2v) is 8.67. The predicted molar refractivity (Wildman–Crippen MR) is 147 cm³/mol. The van der Waals surface area contributed by atoms with Crippen molar-refractivity contribution in [3.8, 4) is 11.5 Å². The fourth-order valence-corrected chi connectivity index (χ4v) is 3.83. The number of hydrogen-bond donors (Lipinski definition) is 2. The number of ether oxygens (including phenoxy) is 2. The molecule has 38 heavy (non-hydrogen) atoms. The van der Waals surface area contributed by atoms with Gasteiger partial charge in [0, 0.05) is 10.6 Å². The van der Waals surface area contributed by atoms with E-state index < -0.39 is 17.8 Å². The molecule has 2 N–H and O–H groups in total.